The number of anilines is 1. The van der Waals surface area contributed by atoms with Gasteiger partial charge in [-0.3, -0.25) is 4.79 Å². The van der Waals surface area contributed by atoms with E-state index in [1.165, 1.54) is 10.5 Å². The average molecular weight is 326 g/mol. The molecule has 0 saturated carbocycles. The zero-order valence-corrected chi connectivity index (χ0v) is 13.7. The molecule has 0 spiro atoms. The third kappa shape index (κ3) is 3.95. The van der Waals surface area contributed by atoms with E-state index < -0.39 is 10.0 Å². The molecule has 0 unspecified atom stereocenters. The van der Waals surface area contributed by atoms with E-state index in [1.54, 1.807) is 19.1 Å². The van der Waals surface area contributed by atoms with Gasteiger partial charge >= 0.3 is 0 Å². The van der Waals surface area contributed by atoms with Crippen LogP contribution < -0.4 is 10.6 Å². The van der Waals surface area contributed by atoms with Gasteiger partial charge in [0, 0.05) is 38.3 Å². The van der Waals surface area contributed by atoms with Gasteiger partial charge in [-0.05, 0) is 26.0 Å². The maximum atomic E-state index is 11.6. The van der Waals surface area contributed by atoms with Crippen molar-refractivity contribution in [1.82, 2.24) is 14.6 Å². The molecule has 0 aliphatic carbocycles. The van der Waals surface area contributed by atoms with Crippen LogP contribution in [-0.2, 0) is 10.0 Å². The molecule has 1 aliphatic rings. The SMILES string of the molecule is CCNC(=O)c1ccc(NCC2CN(S(=O)(=O)CC)C2)nc1. The fraction of sp³-hybridized carbons (Fsp3) is 0.571. The summed E-state index contributed by atoms with van der Waals surface area (Å²) in [4.78, 5) is 15.8. The van der Waals surface area contributed by atoms with Crippen molar-refractivity contribution < 1.29 is 13.2 Å². The number of sulfonamides is 1. The highest BCUT2D eigenvalue weighted by Crippen LogP contribution is 2.20. The topological polar surface area (TPSA) is 91.4 Å². The maximum absolute atomic E-state index is 11.6. The fourth-order valence-corrected chi connectivity index (χ4v) is 3.45. The Bertz CT molecular complexity index is 609. The van der Waals surface area contributed by atoms with Crippen LogP contribution in [0, 0.1) is 5.92 Å². The van der Waals surface area contributed by atoms with Gasteiger partial charge in [0.05, 0.1) is 11.3 Å². The van der Waals surface area contributed by atoms with Gasteiger partial charge in [0.1, 0.15) is 5.82 Å². The number of rotatable bonds is 7. The monoisotopic (exact) mass is 326 g/mol. The maximum Gasteiger partial charge on any atom is 0.252 e. The van der Waals surface area contributed by atoms with Gasteiger partial charge < -0.3 is 10.6 Å². The molecular weight excluding hydrogens is 304 g/mol. The molecule has 122 valence electrons. The summed E-state index contributed by atoms with van der Waals surface area (Å²) in [7, 11) is -3.05. The second-order valence-corrected chi connectivity index (χ2v) is 7.51. The minimum Gasteiger partial charge on any atom is -0.370 e. The second-order valence-electron chi connectivity index (χ2n) is 5.26. The van der Waals surface area contributed by atoms with E-state index >= 15 is 0 Å². The molecule has 0 aromatic carbocycles. The molecule has 1 aliphatic heterocycles. The quantitative estimate of drug-likeness (QED) is 0.762. The van der Waals surface area contributed by atoms with Crippen LogP contribution in [0.2, 0.25) is 0 Å². The Kier molecular flexibility index (Phi) is 5.36. The molecule has 1 saturated heterocycles. The summed E-state index contributed by atoms with van der Waals surface area (Å²) < 4.78 is 24.7. The van der Waals surface area contributed by atoms with E-state index in [4.69, 9.17) is 0 Å². The Hall–Kier alpha value is -1.67. The van der Waals surface area contributed by atoms with Crippen molar-refractivity contribution >= 4 is 21.7 Å². The minimum absolute atomic E-state index is 0.138. The van der Waals surface area contributed by atoms with Gasteiger partial charge in [0.2, 0.25) is 10.0 Å². The molecule has 1 aromatic rings. The number of amides is 1. The molecule has 2 N–H and O–H groups in total. The zero-order valence-electron chi connectivity index (χ0n) is 12.9. The van der Waals surface area contributed by atoms with Crippen molar-refractivity contribution in [3.05, 3.63) is 23.9 Å². The molecule has 1 amide bonds. The van der Waals surface area contributed by atoms with Gasteiger partial charge in [-0.2, -0.15) is 0 Å². The summed E-state index contributed by atoms with van der Waals surface area (Å²) in [6, 6.07) is 3.47. The molecule has 0 bridgehead atoms. The van der Waals surface area contributed by atoms with Gasteiger partial charge in [-0.15, -0.1) is 0 Å². The van der Waals surface area contributed by atoms with Gasteiger partial charge in [0.15, 0.2) is 0 Å². The average Bonchev–Trinajstić information content (AvgIpc) is 2.46. The van der Waals surface area contributed by atoms with Crippen LogP contribution in [0.1, 0.15) is 24.2 Å². The van der Waals surface area contributed by atoms with Crippen LogP contribution in [0.3, 0.4) is 0 Å². The fourth-order valence-electron chi connectivity index (χ4n) is 2.21. The summed E-state index contributed by atoms with van der Waals surface area (Å²) in [5.41, 5.74) is 0.524. The number of nitrogens with one attached hydrogen (secondary N) is 2. The molecule has 8 heteroatoms. The van der Waals surface area contributed by atoms with Crippen LogP contribution in [0.25, 0.3) is 0 Å². The van der Waals surface area contributed by atoms with Gasteiger partial charge in [0.25, 0.3) is 5.91 Å². The number of aromatic nitrogens is 1. The lowest BCUT2D eigenvalue weighted by Gasteiger charge is -2.38. The van der Waals surface area contributed by atoms with Crippen molar-refractivity contribution in [2.24, 2.45) is 5.92 Å². The zero-order chi connectivity index (χ0) is 16.2. The Balaban J connectivity index is 1.78. The third-order valence-corrected chi connectivity index (χ3v) is 5.43. The van der Waals surface area contributed by atoms with Crippen molar-refractivity contribution in [2.75, 3.05) is 37.2 Å². The minimum atomic E-state index is -3.05. The number of carbonyl (C=O) groups excluding carboxylic acids is 1. The highest BCUT2D eigenvalue weighted by atomic mass is 32.2. The van der Waals surface area contributed by atoms with E-state index in [0.717, 1.165) is 0 Å². The van der Waals surface area contributed by atoms with Gasteiger partial charge in [-0.25, -0.2) is 17.7 Å². The first kappa shape index (κ1) is 16.7. The summed E-state index contributed by atoms with van der Waals surface area (Å²) in [5.74, 6) is 0.993. The summed E-state index contributed by atoms with van der Waals surface area (Å²) in [6.45, 7) is 5.88. The van der Waals surface area contributed by atoms with E-state index in [1.807, 2.05) is 6.92 Å². The molecule has 0 atom stereocenters. The van der Waals surface area contributed by atoms with E-state index in [2.05, 4.69) is 15.6 Å². The lowest BCUT2D eigenvalue weighted by molar-refractivity contribution is 0.0955. The predicted octanol–water partition coefficient (Wildman–Crippen LogP) is 0.525. The normalized spacial score (nSPS) is 16.1. The number of carbonyl (C=O) groups is 1. The van der Waals surface area contributed by atoms with E-state index in [0.29, 0.717) is 43.5 Å². The van der Waals surface area contributed by atoms with Crippen LogP contribution in [0.15, 0.2) is 18.3 Å². The van der Waals surface area contributed by atoms with Gasteiger partial charge in [-0.1, -0.05) is 0 Å². The van der Waals surface area contributed by atoms with E-state index in [9.17, 15) is 13.2 Å². The van der Waals surface area contributed by atoms with Crippen molar-refractivity contribution in [1.29, 1.82) is 0 Å². The molecule has 2 rings (SSSR count). The predicted molar refractivity (Wildman–Crippen MR) is 85.3 cm³/mol. The smallest absolute Gasteiger partial charge is 0.252 e. The molecule has 2 heterocycles. The molecule has 7 nitrogen and oxygen atoms in total. The summed E-state index contributed by atoms with van der Waals surface area (Å²) >= 11 is 0. The van der Waals surface area contributed by atoms with E-state index in [-0.39, 0.29) is 11.7 Å². The van der Waals surface area contributed by atoms with Crippen molar-refractivity contribution in [3.63, 3.8) is 0 Å². The first-order valence-corrected chi connectivity index (χ1v) is 9.03. The number of hydrogen-bond donors (Lipinski definition) is 2. The largest absolute Gasteiger partial charge is 0.370 e. The third-order valence-electron chi connectivity index (χ3n) is 3.62. The molecule has 0 radical (unpaired) electrons. The Morgan fingerprint density at radius 2 is 2.09 bits per heavy atom. The van der Waals surface area contributed by atoms with Crippen LogP contribution in [0.5, 0.6) is 0 Å². The van der Waals surface area contributed by atoms with Crippen molar-refractivity contribution in [3.8, 4) is 0 Å². The molecule has 1 fully saturated rings. The Labute approximate surface area is 131 Å². The standard InChI is InChI=1S/C14H22N4O3S/c1-3-15-14(19)12-5-6-13(17-8-12)16-7-11-9-18(10-11)22(20,21)4-2/h5-6,8,11H,3-4,7,9-10H2,1-2H3,(H,15,19)(H,16,17). The highest BCUT2D eigenvalue weighted by Gasteiger charge is 2.34. The van der Waals surface area contributed by atoms with Crippen LogP contribution >= 0.6 is 0 Å². The molecule has 1 aromatic heterocycles. The summed E-state index contributed by atoms with van der Waals surface area (Å²) in [5, 5.41) is 5.88. The first-order chi connectivity index (χ1) is 10.5. The lowest BCUT2D eigenvalue weighted by Crippen LogP contribution is -2.52. The van der Waals surface area contributed by atoms with Crippen LogP contribution in [-0.4, -0.2) is 55.5 Å². The molecular formula is C14H22N4O3S. The highest BCUT2D eigenvalue weighted by molar-refractivity contribution is 7.89. The Morgan fingerprint density at radius 1 is 1.36 bits per heavy atom. The number of nitrogens with zero attached hydrogens (tertiary/aromatic N) is 2. The second kappa shape index (κ2) is 7.06. The van der Waals surface area contributed by atoms with Crippen molar-refractivity contribution in [2.45, 2.75) is 13.8 Å². The number of pyridine rings is 1. The lowest BCUT2D eigenvalue weighted by atomic mass is 10.0. The summed E-state index contributed by atoms with van der Waals surface area (Å²) in [6.07, 6.45) is 1.53. The number of hydrogen-bond acceptors (Lipinski definition) is 5. The Morgan fingerprint density at radius 3 is 2.64 bits per heavy atom. The first-order valence-electron chi connectivity index (χ1n) is 7.42. The molecule has 22 heavy (non-hydrogen) atoms. The van der Waals surface area contributed by atoms with Crippen LogP contribution in [0.4, 0.5) is 5.82 Å².